The molecule has 0 bridgehead atoms. The number of nitrogens with zero attached hydrogens (tertiary/aromatic N) is 6. The highest BCUT2D eigenvalue weighted by Crippen LogP contribution is 2.52. The molecule has 3 aromatic rings. The summed E-state index contributed by atoms with van der Waals surface area (Å²) in [6.07, 6.45) is 8.54. The Morgan fingerprint density at radius 3 is 2.41 bits per heavy atom. The molecule has 1 N–H and O–H groups in total. The second-order valence-electron chi connectivity index (χ2n) is 13.0. The lowest BCUT2D eigenvalue weighted by atomic mass is 9.97. The van der Waals surface area contributed by atoms with Crippen molar-refractivity contribution in [2.24, 2.45) is 13.0 Å². The van der Waals surface area contributed by atoms with Gasteiger partial charge in [0, 0.05) is 37.6 Å². The predicted molar refractivity (Wildman–Crippen MR) is 164 cm³/mol. The number of hydrogen-bond acceptors (Lipinski definition) is 8. The van der Waals surface area contributed by atoms with Crippen molar-refractivity contribution in [3.05, 3.63) is 41.9 Å². The van der Waals surface area contributed by atoms with Crippen LogP contribution < -0.4 is 14.4 Å². The zero-order chi connectivity index (χ0) is 30.5. The van der Waals surface area contributed by atoms with Crippen molar-refractivity contribution in [2.45, 2.75) is 70.1 Å². The van der Waals surface area contributed by atoms with Gasteiger partial charge >= 0.3 is 0 Å². The average molecular weight is 606 g/mol. The minimum absolute atomic E-state index is 0.0462. The molecule has 1 aliphatic heterocycles. The van der Waals surface area contributed by atoms with Gasteiger partial charge in [0.15, 0.2) is 5.82 Å². The quantitative estimate of drug-likeness (QED) is 0.404. The lowest BCUT2D eigenvalue weighted by molar-refractivity contribution is 0.0981. The average Bonchev–Trinajstić information content (AvgIpc) is 3.52. The highest BCUT2D eigenvalue weighted by molar-refractivity contribution is 8.33. The second-order valence-corrected chi connectivity index (χ2v) is 19.2. The van der Waals surface area contributed by atoms with Crippen molar-refractivity contribution in [3.8, 4) is 11.7 Å². The van der Waals surface area contributed by atoms with Gasteiger partial charge in [-0.05, 0) is 62.5 Å². The van der Waals surface area contributed by atoms with Gasteiger partial charge in [-0.2, -0.15) is 5.10 Å². The first-order chi connectivity index (χ1) is 18.8. The van der Waals surface area contributed by atoms with E-state index in [0.29, 0.717) is 41.6 Å². The van der Waals surface area contributed by atoms with Crippen LogP contribution in [0.1, 0.15) is 64.0 Å². The maximum absolute atomic E-state index is 13.5. The van der Waals surface area contributed by atoms with Crippen LogP contribution in [0, 0.1) is 12.8 Å². The van der Waals surface area contributed by atoms with E-state index < -0.39 is 26.0 Å². The minimum atomic E-state index is -4.15. The molecular weight excluding hydrogens is 562 g/mol. The third-order valence-electron chi connectivity index (χ3n) is 7.88. The molecule has 1 aliphatic rings. The molecule has 0 saturated carbocycles. The second kappa shape index (κ2) is 10.6. The molecule has 11 nitrogen and oxygen atoms in total. The van der Waals surface area contributed by atoms with Crippen molar-refractivity contribution in [1.29, 1.82) is 0 Å². The molecule has 1 atom stereocenters. The number of aromatic nitrogens is 5. The fourth-order valence-corrected chi connectivity index (χ4v) is 6.83. The number of carbonyl (C=O) groups is 1. The Bertz CT molecular complexity index is 1550. The molecule has 13 heteroatoms. The zero-order valence-corrected chi connectivity index (χ0v) is 27.4. The maximum Gasteiger partial charge on any atom is 0.268 e. The SMILES string of the molecule is Cc1nn(C)cc1S(=O)(=O)NC(=O)c1ccc(-n2ccc(OCS(C)(C)C(C)(C)C)n2)nc1N1C[C@@H](C)CC1(C)C. The predicted octanol–water partition coefficient (Wildman–Crippen LogP) is 4.25. The highest BCUT2D eigenvalue weighted by Gasteiger charge is 2.39. The molecule has 1 fully saturated rings. The number of sulfonamides is 1. The number of carbonyl (C=O) groups excluding carboxylic acids is 1. The van der Waals surface area contributed by atoms with Crippen molar-refractivity contribution in [3.63, 3.8) is 0 Å². The van der Waals surface area contributed by atoms with Crippen LogP contribution in [-0.4, -0.2) is 74.2 Å². The van der Waals surface area contributed by atoms with Crippen molar-refractivity contribution in [2.75, 3.05) is 29.9 Å². The van der Waals surface area contributed by atoms with E-state index in [1.807, 2.05) is 0 Å². The zero-order valence-electron chi connectivity index (χ0n) is 25.7. The summed E-state index contributed by atoms with van der Waals surface area (Å²) < 4.78 is 37.6. The van der Waals surface area contributed by atoms with Crippen LogP contribution in [0.2, 0.25) is 0 Å². The summed E-state index contributed by atoms with van der Waals surface area (Å²) in [6.45, 7) is 15.3. The summed E-state index contributed by atoms with van der Waals surface area (Å²) in [6, 6.07) is 5.06. The Morgan fingerprint density at radius 1 is 1.17 bits per heavy atom. The summed E-state index contributed by atoms with van der Waals surface area (Å²) in [5, 5.41) is 8.69. The van der Waals surface area contributed by atoms with Gasteiger partial charge in [-0.25, -0.2) is 32.8 Å². The Balaban J connectivity index is 1.68. The van der Waals surface area contributed by atoms with Crippen LogP contribution in [0.5, 0.6) is 5.88 Å². The number of pyridine rings is 1. The Labute approximate surface area is 245 Å². The van der Waals surface area contributed by atoms with E-state index in [4.69, 9.17) is 9.72 Å². The topological polar surface area (TPSA) is 124 Å². The fraction of sp³-hybridized carbons (Fsp3) is 0.571. The van der Waals surface area contributed by atoms with E-state index in [2.05, 4.69) is 73.9 Å². The molecule has 3 aromatic heterocycles. The largest absolute Gasteiger partial charge is 0.467 e. The summed E-state index contributed by atoms with van der Waals surface area (Å²) in [5.74, 6) is 1.59. The number of hydrogen-bond donors (Lipinski definition) is 1. The first-order valence-electron chi connectivity index (χ1n) is 13.6. The number of amides is 1. The molecule has 0 spiro atoms. The first kappa shape index (κ1) is 30.9. The molecule has 4 rings (SSSR count). The molecule has 226 valence electrons. The molecule has 1 saturated heterocycles. The van der Waals surface area contributed by atoms with E-state index >= 15 is 0 Å². The van der Waals surface area contributed by atoms with Crippen molar-refractivity contribution < 1.29 is 17.9 Å². The lowest BCUT2D eigenvalue weighted by Crippen LogP contribution is -2.41. The summed E-state index contributed by atoms with van der Waals surface area (Å²) in [7, 11) is -3.55. The molecule has 1 amide bonds. The Morgan fingerprint density at radius 2 is 1.85 bits per heavy atom. The van der Waals surface area contributed by atoms with Crippen molar-refractivity contribution >= 4 is 31.8 Å². The van der Waals surface area contributed by atoms with Crippen LogP contribution in [0.3, 0.4) is 0 Å². The normalized spacial score (nSPS) is 18.0. The van der Waals surface area contributed by atoms with Crippen molar-refractivity contribution in [1.82, 2.24) is 29.3 Å². The minimum Gasteiger partial charge on any atom is -0.467 e. The monoisotopic (exact) mass is 605 g/mol. The number of rotatable bonds is 8. The molecular formula is C28H43N7O4S2. The molecule has 0 unspecified atom stereocenters. The van der Waals surface area contributed by atoms with Crippen LogP contribution in [0.15, 0.2) is 35.5 Å². The number of aryl methyl sites for hydroxylation is 2. The summed E-state index contributed by atoms with van der Waals surface area (Å²) in [5.41, 5.74) is 0.180. The lowest BCUT2D eigenvalue weighted by Gasteiger charge is -2.43. The molecule has 41 heavy (non-hydrogen) atoms. The van der Waals surface area contributed by atoms with E-state index in [0.717, 1.165) is 6.42 Å². The summed E-state index contributed by atoms with van der Waals surface area (Å²) in [4.78, 5) is 20.4. The van der Waals surface area contributed by atoms with Crippen LogP contribution in [-0.2, 0) is 17.1 Å². The van der Waals surface area contributed by atoms with Gasteiger partial charge in [-0.3, -0.25) is 9.48 Å². The standard InChI is InChI=1S/C28H43N7O4S2/c1-19-15-28(6,7)34(16-19)25-21(26(36)32-41(37,38)22-17-33(8)30-20(22)2)11-12-23(29-25)35-14-13-24(31-35)39-18-40(9,10)27(3,4)5/h11-14,17,19H,15-16,18H2,1-10H3,(H,32,36)/t19-/m0/s1. The summed E-state index contributed by atoms with van der Waals surface area (Å²) >= 11 is 0. The molecule has 0 aromatic carbocycles. The van der Waals surface area contributed by atoms with E-state index in [9.17, 15) is 13.2 Å². The van der Waals surface area contributed by atoms with Gasteiger partial charge in [0.1, 0.15) is 16.7 Å². The number of ether oxygens (including phenoxy) is 1. The number of nitrogens with one attached hydrogen (secondary N) is 1. The Hall–Kier alpha value is -3.06. The number of anilines is 1. The fourth-order valence-electron chi connectivity index (χ4n) is 4.88. The van der Waals surface area contributed by atoms with Gasteiger partial charge in [-0.1, -0.05) is 27.7 Å². The smallest absolute Gasteiger partial charge is 0.268 e. The molecule has 4 heterocycles. The molecule has 0 aliphatic carbocycles. The third-order valence-corrected chi connectivity index (χ3v) is 13.3. The van der Waals surface area contributed by atoms with E-state index in [1.54, 1.807) is 43.0 Å². The maximum atomic E-state index is 13.5. The van der Waals surface area contributed by atoms with Gasteiger partial charge < -0.3 is 9.64 Å². The van der Waals surface area contributed by atoms with Crippen LogP contribution in [0.4, 0.5) is 5.82 Å². The van der Waals surface area contributed by atoms with Gasteiger partial charge in [0.2, 0.25) is 5.88 Å². The van der Waals surface area contributed by atoms with E-state index in [1.165, 1.54) is 10.9 Å². The highest BCUT2D eigenvalue weighted by atomic mass is 32.3. The van der Waals surface area contributed by atoms with Crippen LogP contribution in [0.25, 0.3) is 5.82 Å². The third kappa shape index (κ3) is 6.40. The van der Waals surface area contributed by atoms with Gasteiger partial charge in [0.25, 0.3) is 15.9 Å². The Kier molecular flexibility index (Phi) is 8.02. The molecule has 0 radical (unpaired) electrons. The van der Waals surface area contributed by atoms with Gasteiger partial charge in [0.05, 0.1) is 11.3 Å². The van der Waals surface area contributed by atoms with E-state index in [-0.39, 0.29) is 20.7 Å². The van der Waals surface area contributed by atoms with Crippen LogP contribution >= 0.6 is 10.0 Å². The van der Waals surface area contributed by atoms with Gasteiger partial charge in [-0.15, -0.1) is 5.10 Å². The first-order valence-corrected chi connectivity index (χ1v) is 17.7.